The maximum Gasteiger partial charge on any atom is 0.416 e. The number of alkyl halides is 3. The maximum absolute atomic E-state index is 13.7. The zero-order valence-corrected chi connectivity index (χ0v) is 23.2. The Balaban J connectivity index is 1.70. The van der Waals surface area contributed by atoms with E-state index in [-0.39, 0.29) is 27.8 Å². The number of nitrogens with two attached hydrogens (primary N) is 2. The summed E-state index contributed by atoms with van der Waals surface area (Å²) < 4.78 is 64.3. The third-order valence-electron chi connectivity index (χ3n) is 6.24. The van der Waals surface area contributed by atoms with Crippen LogP contribution in [0.5, 0.6) is 0 Å². The van der Waals surface area contributed by atoms with E-state index in [4.69, 9.17) is 10.9 Å². The molecule has 13 heteroatoms. The van der Waals surface area contributed by atoms with Gasteiger partial charge >= 0.3 is 6.18 Å². The van der Waals surface area contributed by atoms with E-state index in [1.807, 2.05) is 0 Å². The van der Waals surface area contributed by atoms with Gasteiger partial charge in [-0.15, -0.1) is 11.8 Å². The fourth-order valence-electron chi connectivity index (χ4n) is 4.12. The monoisotopic (exact) mass is 592 g/mol. The molecule has 2 amide bonds. The van der Waals surface area contributed by atoms with Gasteiger partial charge in [-0.2, -0.15) is 13.2 Å². The summed E-state index contributed by atoms with van der Waals surface area (Å²) in [6.45, 7) is 2.94. The molecule has 4 rings (SSSR count). The number of amides is 2. The van der Waals surface area contributed by atoms with Crippen molar-refractivity contribution in [1.82, 2.24) is 5.32 Å². The maximum atomic E-state index is 13.7. The van der Waals surface area contributed by atoms with Crippen molar-refractivity contribution in [3.05, 3.63) is 77.9 Å². The number of hydrogen-bond donors (Lipinski definition) is 3. The smallest absolute Gasteiger partial charge is 0.342 e. The molecule has 0 unspecified atom stereocenters. The molecule has 0 fully saturated rings. The average Bonchev–Trinajstić information content (AvgIpc) is 2.99. The van der Waals surface area contributed by atoms with Gasteiger partial charge in [0.2, 0.25) is 15.9 Å². The summed E-state index contributed by atoms with van der Waals surface area (Å²) in [4.78, 5) is 27.8. The predicted octanol–water partition coefficient (Wildman–Crippen LogP) is 3.88. The highest BCUT2D eigenvalue weighted by Gasteiger charge is 2.37. The Hall–Kier alpha value is -3.39. The molecule has 1 aliphatic rings. The second-order valence-electron chi connectivity index (χ2n) is 9.90. The summed E-state index contributed by atoms with van der Waals surface area (Å²) in [6.07, 6.45) is -4.57. The molecule has 0 saturated heterocycles. The number of carbonyl (C=O) groups excluding carboxylic acids is 2. The number of nitrogens with zero attached hydrogens (tertiary/aromatic N) is 1. The Labute approximate surface area is 234 Å². The molecule has 0 spiro atoms. The standard InChI is InChI=1S/C27H27F3N4O4S2/c1-26(2,31)25(36)33-20-15-39-22-13-18(27(28,29)30)11-12-21(22)34(24(20)35)14-16-7-9-17(10-8-16)19-5-3-4-6-23(19)40(32,37)38/h3-13,20H,14-15,31H2,1-2H3,(H,33,36)(H2,32,37,38)/t20-/m1/s1. The topological polar surface area (TPSA) is 136 Å². The molecular formula is C27H27F3N4O4S2. The molecule has 1 heterocycles. The van der Waals surface area contributed by atoms with Crippen molar-refractivity contribution in [2.45, 2.75) is 47.9 Å². The zero-order valence-electron chi connectivity index (χ0n) is 21.5. The van der Waals surface area contributed by atoms with Crippen LogP contribution in [0, 0.1) is 0 Å². The fraction of sp³-hybridized carbons (Fsp3) is 0.259. The van der Waals surface area contributed by atoms with Gasteiger partial charge in [-0.05, 0) is 49.2 Å². The van der Waals surface area contributed by atoms with E-state index in [1.54, 1.807) is 42.5 Å². The lowest BCUT2D eigenvalue weighted by atomic mass is 10.0. The summed E-state index contributed by atoms with van der Waals surface area (Å²) in [6, 6.07) is 15.1. The molecule has 8 nitrogen and oxygen atoms in total. The van der Waals surface area contributed by atoms with Gasteiger partial charge in [-0.25, -0.2) is 13.6 Å². The van der Waals surface area contributed by atoms with Crippen LogP contribution in [-0.4, -0.2) is 37.6 Å². The van der Waals surface area contributed by atoms with E-state index >= 15 is 0 Å². The minimum absolute atomic E-state index is 0.00868. The number of fused-ring (bicyclic) bond motifs is 1. The fourth-order valence-corrected chi connectivity index (χ4v) is 5.99. The molecule has 0 radical (unpaired) electrons. The van der Waals surface area contributed by atoms with Gasteiger partial charge in [0.15, 0.2) is 0 Å². The van der Waals surface area contributed by atoms with Crippen LogP contribution in [-0.2, 0) is 32.3 Å². The number of primary sulfonamides is 1. The van der Waals surface area contributed by atoms with Gasteiger partial charge in [0.25, 0.3) is 5.91 Å². The number of nitrogens with one attached hydrogen (secondary N) is 1. The van der Waals surface area contributed by atoms with Gasteiger partial charge in [-0.3, -0.25) is 9.59 Å². The van der Waals surface area contributed by atoms with Crippen LogP contribution in [0.25, 0.3) is 11.1 Å². The average molecular weight is 593 g/mol. The number of sulfonamides is 1. The predicted molar refractivity (Wildman–Crippen MR) is 147 cm³/mol. The quantitative estimate of drug-likeness (QED) is 0.398. The second kappa shape index (κ2) is 10.9. The summed E-state index contributed by atoms with van der Waals surface area (Å²) in [5, 5.41) is 7.98. The van der Waals surface area contributed by atoms with Crippen molar-refractivity contribution in [3.8, 4) is 11.1 Å². The molecule has 5 N–H and O–H groups in total. The lowest BCUT2D eigenvalue weighted by molar-refractivity contribution is -0.137. The highest BCUT2D eigenvalue weighted by atomic mass is 32.2. The van der Waals surface area contributed by atoms with Crippen LogP contribution in [0.4, 0.5) is 18.9 Å². The molecule has 0 bridgehead atoms. The normalized spacial score (nSPS) is 16.3. The van der Waals surface area contributed by atoms with Crippen LogP contribution >= 0.6 is 11.8 Å². The first kappa shape index (κ1) is 29.6. The van der Waals surface area contributed by atoms with Gasteiger partial charge < -0.3 is 16.0 Å². The van der Waals surface area contributed by atoms with E-state index < -0.39 is 45.2 Å². The number of rotatable bonds is 6. The largest absolute Gasteiger partial charge is 0.416 e. The van der Waals surface area contributed by atoms with Crippen molar-refractivity contribution in [2.24, 2.45) is 10.9 Å². The van der Waals surface area contributed by atoms with Gasteiger partial charge in [0, 0.05) is 16.2 Å². The number of benzene rings is 3. The number of thioether (sulfide) groups is 1. The van der Waals surface area contributed by atoms with Crippen LogP contribution < -0.4 is 21.1 Å². The van der Waals surface area contributed by atoms with Crippen molar-refractivity contribution in [3.63, 3.8) is 0 Å². The molecule has 0 saturated carbocycles. The lowest BCUT2D eigenvalue weighted by Crippen LogP contribution is -2.56. The summed E-state index contributed by atoms with van der Waals surface area (Å²) in [5.41, 5.74) is 5.60. The highest BCUT2D eigenvalue weighted by molar-refractivity contribution is 7.99. The van der Waals surface area contributed by atoms with Crippen molar-refractivity contribution in [1.29, 1.82) is 0 Å². The van der Waals surface area contributed by atoms with Crippen LogP contribution in [0.2, 0.25) is 0 Å². The first-order valence-corrected chi connectivity index (χ1v) is 14.6. The number of anilines is 1. The van der Waals surface area contributed by atoms with Crippen molar-refractivity contribution >= 4 is 39.3 Å². The van der Waals surface area contributed by atoms with Crippen molar-refractivity contribution in [2.75, 3.05) is 10.7 Å². The number of halogens is 3. The van der Waals surface area contributed by atoms with Crippen LogP contribution in [0.15, 0.2) is 76.5 Å². The minimum Gasteiger partial charge on any atom is -0.342 e. The molecule has 3 aromatic carbocycles. The Morgan fingerprint density at radius 2 is 1.73 bits per heavy atom. The summed E-state index contributed by atoms with van der Waals surface area (Å²) in [7, 11) is -3.98. The molecule has 40 heavy (non-hydrogen) atoms. The van der Waals surface area contributed by atoms with E-state index in [1.165, 1.54) is 30.9 Å². The molecule has 3 aromatic rings. The van der Waals surface area contributed by atoms with E-state index in [2.05, 4.69) is 5.32 Å². The van der Waals surface area contributed by atoms with Crippen LogP contribution in [0.3, 0.4) is 0 Å². The lowest BCUT2D eigenvalue weighted by Gasteiger charge is -2.28. The minimum atomic E-state index is -4.57. The van der Waals surface area contributed by atoms with E-state index in [9.17, 15) is 31.2 Å². The molecule has 1 aliphatic heterocycles. The van der Waals surface area contributed by atoms with Gasteiger partial charge in [0.05, 0.1) is 28.2 Å². The molecule has 0 aromatic heterocycles. The molecule has 0 aliphatic carbocycles. The summed E-state index contributed by atoms with van der Waals surface area (Å²) >= 11 is 1.04. The number of hydrogen-bond acceptors (Lipinski definition) is 6. The van der Waals surface area contributed by atoms with E-state index in [0.29, 0.717) is 16.7 Å². The SMILES string of the molecule is CC(C)(N)C(=O)N[C@@H]1CSc2cc(C(F)(F)F)ccc2N(Cc2ccc(-c3ccccc3S(N)(=O)=O)cc2)C1=O. The molecular weight excluding hydrogens is 565 g/mol. The molecule has 1 atom stereocenters. The zero-order chi connectivity index (χ0) is 29.5. The van der Waals surface area contributed by atoms with Gasteiger partial charge in [-0.1, -0.05) is 42.5 Å². The first-order valence-electron chi connectivity index (χ1n) is 12.0. The Morgan fingerprint density at radius 1 is 1.07 bits per heavy atom. The second-order valence-corrected chi connectivity index (χ2v) is 12.5. The Morgan fingerprint density at radius 3 is 2.33 bits per heavy atom. The van der Waals surface area contributed by atoms with E-state index in [0.717, 1.165) is 23.9 Å². The third-order valence-corrected chi connectivity index (χ3v) is 8.34. The third kappa shape index (κ3) is 6.49. The summed E-state index contributed by atoms with van der Waals surface area (Å²) in [5.74, 6) is -1.08. The van der Waals surface area contributed by atoms with Crippen LogP contribution in [0.1, 0.15) is 25.0 Å². The van der Waals surface area contributed by atoms with Crippen molar-refractivity contribution < 1.29 is 31.2 Å². The van der Waals surface area contributed by atoms with Gasteiger partial charge in [0.1, 0.15) is 6.04 Å². The molecule has 212 valence electrons. The Kier molecular flexibility index (Phi) is 8.05. The highest BCUT2D eigenvalue weighted by Crippen LogP contribution is 2.40. The number of carbonyl (C=O) groups is 2. The first-order chi connectivity index (χ1) is 18.6. The Bertz CT molecular complexity index is 1550.